The quantitative estimate of drug-likeness (QED) is 0.216. The lowest BCUT2D eigenvalue weighted by atomic mass is 10.1. The number of aromatic carboxylic acids is 1. The maximum Gasteiger partial charge on any atom is 0.335 e. The molecule has 0 heterocycles. The fraction of sp³-hybridized carbons (Fsp3) is 0.211. The van der Waals surface area contributed by atoms with Crippen LogP contribution in [0.2, 0.25) is 0 Å². The Labute approximate surface area is 182 Å². The number of thiocarbonyl (C=S) groups is 1. The molecule has 0 amide bonds. The second-order valence-electron chi connectivity index (χ2n) is 5.55. The lowest BCUT2D eigenvalue weighted by Crippen LogP contribution is -2.31. The highest BCUT2D eigenvalue weighted by Gasteiger charge is 2.12. The number of nitrogens with zero attached hydrogens (tertiary/aromatic N) is 1. The van der Waals surface area contributed by atoms with E-state index in [1.165, 1.54) is 0 Å². The molecule has 0 bridgehead atoms. The van der Waals surface area contributed by atoms with Crippen LogP contribution in [0.5, 0.6) is 11.5 Å². The van der Waals surface area contributed by atoms with E-state index in [1.807, 2.05) is 19.1 Å². The summed E-state index contributed by atoms with van der Waals surface area (Å²) < 4.78 is 12.2. The van der Waals surface area contributed by atoms with Gasteiger partial charge in [-0.2, -0.15) is 5.10 Å². The Morgan fingerprint density at radius 1 is 1.32 bits per heavy atom. The molecule has 2 aromatic carbocycles. The van der Waals surface area contributed by atoms with Crippen LogP contribution < -0.4 is 20.2 Å². The van der Waals surface area contributed by atoms with Gasteiger partial charge in [-0.05, 0) is 77.1 Å². The lowest BCUT2D eigenvalue weighted by Gasteiger charge is -2.14. The third-order valence-corrected chi connectivity index (χ3v) is 4.59. The fourth-order valence-corrected chi connectivity index (χ4v) is 3.20. The van der Waals surface area contributed by atoms with Gasteiger partial charge in [0.25, 0.3) is 0 Å². The zero-order chi connectivity index (χ0) is 20.5. The number of carboxylic acid groups (broad SMARTS) is 1. The number of rotatable bonds is 8. The summed E-state index contributed by atoms with van der Waals surface area (Å²) in [7, 11) is 1.57. The number of nitrogens with one attached hydrogen (secondary N) is 2. The van der Waals surface area contributed by atoms with Crippen LogP contribution in [0.15, 0.2) is 41.5 Å². The van der Waals surface area contributed by atoms with Crippen LogP contribution in [-0.4, -0.2) is 36.1 Å². The van der Waals surface area contributed by atoms with Crippen LogP contribution >= 0.6 is 34.8 Å². The summed E-state index contributed by atoms with van der Waals surface area (Å²) in [6, 6.07) is 10.3. The Bertz CT molecular complexity index is 872. The maximum absolute atomic E-state index is 10.9. The average Bonchev–Trinajstić information content (AvgIpc) is 2.67. The van der Waals surface area contributed by atoms with Crippen molar-refractivity contribution >= 4 is 52.1 Å². The van der Waals surface area contributed by atoms with Crippen LogP contribution in [0, 0.1) is 3.57 Å². The van der Waals surface area contributed by atoms with Gasteiger partial charge in [0.15, 0.2) is 16.6 Å². The van der Waals surface area contributed by atoms with Gasteiger partial charge in [-0.25, -0.2) is 4.79 Å². The van der Waals surface area contributed by atoms with Crippen molar-refractivity contribution in [2.24, 2.45) is 5.10 Å². The number of halogens is 1. The summed E-state index contributed by atoms with van der Waals surface area (Å²) in [6.45, 7) is 2.96. The minimum absolute atomic E-state index is 0.238. The van der Waals surface area contributed by atoms with E-state index < -0.39 is 5.97 Å². The van der Waals surface area contributed by atoms with E-state index in [9.17, 15) is 4.79 Å². The van der Waals surface area contributed by atoms with E-state index in [4.69, 9.17) is 26.8 Å². The van der Waals surface area contributed by atoms with E-state index in [2.05, 4.69) is 38.4 Å². The zero-order valence-electron chi connectivity index (χ0n) is 15.4. The largest absolute Gasteiger partial charge is 0.493 e. The first-order valence-corrected chi connectivity index (χ1v) is 9.82. The van der Waals surface area contributed by atoms with Gasteiger partial charge in [0.05, 0.1) is 22.5 Å². The summed E-state index contributed by atoms with van der Waals surface area (Å²) in [5, 5.41) is 16.5. The third kappa shape index (κ3) is 6.34. The molecule has 0 unspecified atom stereocenters. The summed E-state index contributed by atoms with van der Waals surface area (Å²) in [5.74, 6) is 0.227. The number of carboxylic acids is 1. The summed E-state index contributed by atoms with van der Waals surface area (Å²) >= 11 is 7.22. The van der Waals surface area contributed by atoms with E-state index in [-0.39, 0.29) is 12.2 Å². The average molecular weight is 513 g/mol. The molecule has 0 radical (unpaired) electrons. The van der Waals surface area contributed by atoms with Crippen molar-refractivity contribution in [2.75, 3.05) is 13.7 Å². The van der Waals surface area contributed by atoms with E-state index in [0.29, 0.717) is 16.6 Å². The van der Waals surface area contributed by atoms with Crippen LogP contribution in [0.1, 0.15) is 28.4 Å². The standard InChI is InChI=1S/C19H20IN3O4S/c1-3-21-19(28)23-22-10-13-8-15(20)17(16(9-13)26-2)27-11-12-4-6-14(7-5-12)18(24)25/h4-10H,3,11H2,1-2H3,(H,24,25)(H2,21,23,28)/b22-10-. The first-order chi connectivity index (χ1) is 13.4. The molecule has 0 aliphatic heterocycles. The molecule has 0 saturated heterocycles. The van der Waals surface area contributed by atoms with Crippen molar-refractivity contribution in [2.45, 2.75) is 13.5 Å². The summed E-state index contributed by atoms with van der Waals surface area (Å²) in [5.41, 5.74) is 4.66. The number of carbonyl (C=O) groups is 1. The van der Waals surface area contributed by atoms with Crippen molar-refractivity contribution in [3.05, 3.63) is 56.7 Å². The van der Waals surface area contributed by atoms with Gasteiger partial charge >= 0.3 is 5.97 Å². The van der Waals surface area contributed by atoms with Gasteiger partial charge in [0.1, 0.15) is 6.61 Å². The Morgan fingerprint density at radius 2 is 2.04 bits per heavy atom. The highest BCUT2D eigenvalue weighted by Crippen LogP contribution is 2.34. The molecule has 7 nitrogen and oxygen atoms in total. The normalized spacial score (nSPS) is 10.5. The predicted molar refractivity (Wildman–Crippen MR) is 120 cm³/mol. The SMILES string of the molecule is CCNC(=S)N/N=C\c1cc(I)c(OCc2ccc(C(=O)O)cc2)c(OC)c1. The van der Waals surface area contributed by atoms with Gasteiger partial charge in [-0.3, -0.25) is 5.43 Å². The molecule has 2 rings (SSSR count). The lowest BCUT2D eigenvalue weighted by molar-refractivity contribution is 0.0697. The van der Waals surface area contributed by atoms with E-state index in [0.717, 1.165) is 21.2 Å². The zero-order valence-corrected chi connectivity index (χ0v) is 18.3. The molecule has 0 fully saturated rings. The van der Waals surface area contributed by atoms with Crippen molar-refractivity contribution in [3.63, 3.8) is 0 Å². The van der Waals surface area contributed by atoms with Crippen LogP contribution in [0.25, 0.3) is 0 Å². The monoisotopic (exact) mass is 513 g/mol. The fourth-order valence-electron chi connectivity index (χ4n) is 2.22. The number of hydrazone groups is 1. The molecule has 0 aliphatic rings. The Hall–Kier alpha value is -2.40. The van der Waals surface area contributed by atoms with Gasteiger partial charge in [-0.1, -0.05) is 12.1 Å². The summed E-state index contributed by atoms with van der Waals surface area (Å²) in [6.07, 6.45) is 1.64. The Balaban J connectivity index is 2.09. The number of hydrogen-bond donors (Lipinski definition) is 3. The van der Waals surface area contributed by atoms with Crippen molar-refractivity contribution in [1.29, 1.82) is 0 Å². The van der Waals surface area contributed by atoms with Crippen LogP contribution in [0.3, 0.4) is 0 Å². The van der Waals surface area contributed by atoms with E-state index >= 15 is 0 Å². The molecule has 0 spiro atoms. The number of hydrogen-bond acceptors (Lipinski definition) is 5. The molecule has 0 aliphatic carbocycles. The first kappa shape index (κ1) is 21.9. The van der Waals surface area contributed by atoms with Gasteiger partial charge in [-0.15, -0.1) is 0 Å². The molecular weight excluding hydrogens is 493 g/mol. The third-order valence-electron chi connectivity index (χ3n) is 3.55. The van der Waals surface area contributed by atoms with Gasteiger partial charge in [0, 0.05) is 6.54 Å². The number of methoxy groups -OCH3 is 1. The van der Waals surface area contributed by atoms with Gasteiger partial charge < -0.3 is 19.9 Å². The van der Waals surface area contributed by atoms with E-state index in [1.54, 1.807) is 37.6 Å². The first-order valence-electron chi connectivity index (χ1n) is 8.34. The van der Waals surface area contributed by atoms with Gasteiger partial charge in [0.2, 0.25) is 0 Å². The molecular formula is C19H20IN3O4S. The molecule has 0 atom stereocenters. The number of ether oxygens (including phenoxy) is 2. The smallest absolute Gasteiger partial charge is 0.335 e. The molecule has 0 saturated carbocycles. The molecule has 148 valence electrons. The Kier molecular flexibility index (Phi) is 8.45. The molecule has 2 aromatic rings. The minimum atomic E-state index is -0.957. The van der Waals surface area contributed by atoms with Crippen LogP contribution in [0.4, 0.5) is 0 Å². The second-order valence-corrected chi connectivity index (χ2v) is 7.12. The summed E-state index contributed by atoms with van der Waals surface area (Å²) in [4.78, 5) is 10.9. The minimum Gasteiger partial charge on any atom is -0.493 e. The molecule has 0 aromatic heterocycles. The molecule has 3 N–H and O–H groups in total. The topological polar surface area (TPSA) is 92.2 Å². The van der Waals surface area contributed by atoms with Crippen molar-refractivity contribution < 1.29 is 19.4 Å². The Morgan fingerprint density at radius 3 is 2.64 bits per heavy atom. The molecule has 9 heteroatoms. The number of benzene rings is 2. The highest BCUT2D eigenvalue weighted by molar-refractivity contribution is 14.1. The predicted octanol–water partition coefficient (Wildman–Crippen LogP) is 3.39. The maximum atomic E-state index is 10.9. The van der Waals surface area contributed by atoms with Crippen molar-refractivity contribution in [1.82, 2.24) is 10.7 Å². The highest BCUT2D eigenvalue weighted by atomic mass is 127. The van der Waals surface area contributed by atoms with Crippen molar-refractivity contribution in [3.8, 4) is 11.5 Å². The second kappa shape index (κ2) is 10.8. The van der Waals surface area contributed by atoms with Crippen LogP contribution in [-0.2, 0) is 6.61 Å². The molecule has 28 heavy (non-hydrogen) atoms.